The predicted octanol–water partition coefficient (Wildman–Crippen LogP) is 3.79. The molecular formula is C22H21ClN4O. The van der Waals surface area contributed by atoms with Gasteiger partial charge in [-0.05, 0) is 48.9 Å². The van der Waals surface area contributed by atoms with Crippen LogP contribution < -0.4 is 0 Å². The van der Waals surface area contributed by atoms with Gasteiger partial charge in [0.2, 0.25) is 0 Å². The third-order valence-electron chi connectivity index (χ3n) is 5.75. The summed E-state index contributed by atoms with van der Waals surface area (Å²) in [4.78, 5) is 19.6. The number of amides is 1. The second-order valence-corrected chi connectivity index (χ2v) is 7.83. The number of rotatable bonds is 3. The van der Waals surface area contributed by atoms with Gasteiger partial charge < -0.3 is 4.90 Å². The third kappa shape index (κ3) is 2.90. The van der Waals surface area contributed by atoms with Crippen molar-refractivity contribution >= 4 is 17.5 Å². The summed E-state index contributed by atoms with van der Waals surface area (Å²) >= 11 is 6.29. The second-order valence-electron chi connectivity index (χ2n) is 7.42. The summed E-state index contributed by atoms with van der Waals surface area (Å²) in [6.07, 6.45) is 7.13. The van der Waals surface area contributed by atoms with E-state index in [0.717, 1.165) is 71.9 Å². The van der Waals surface area contributed by atoms with E-state index >= 15 is 0 Å². The predicted molar refractivity (Wildman–Crippen MR) is 109 cm³/mol. The number of aromatic nitrogens is 3. The zero-order chi connectivity index (χ0) is 19.1. The third-order valence-corrected chi connectivity index (χ3v) is 6.12. The van der Waals surface area contributed by atoms with Crippen molar-refractivity contribution in [2.75, 3.05) is 13.1 Å². The summed E-state index contributed by atoms with van der Waals surface area (Å²) in [5.41, 5.74) is 6.24. The minimum Gasteiger partial charge on any atom is -0.337 e. The lowest BCUT2D eigenvalue weighted by Gasteiger charge is -2.22. The van der Waals surface area contributed by atoms with Gasteiger partial charge in [-0.25, -0.2) is 0 Å². The zero-order valence-electron chi connectivity index (χ0n) is 15.6. The van der Waals surface area contributed by atoms with Gasteiger partial charge in [0.25, 0.3) is 5.91 Å². The van der Waals surface area contributed by atoms with Gasteiger partial charge in [-0.1, -0.05) is 29.8 Å². The zero-order valence-corrected chi connectivity index (χ0v) is 16.3. The first-order valence-corrected chi connectivity index (χ1v) is 10.2. The molecule has 0 fully saturated rings. The average molecular weight is 393 g/mol. The van der Waals surface area contributed by atoms with Gasteiger partial charge in [0.1, 0.15) is 5.69 Å². The number of aryl methyl sites for hydroxylation is 2. The highest BCUT2D eigenvalue weighted by Crippen LogP contribution is 2.35. The van der Waals surface area contributed by atoms with Crippen molar-refractivity contribution in [3.05, 3.63) is 70.1 Å². The van der Waals surface area contributed by atoms with E-state index in [1.54, 1.807) is 6.20 Å². The number of benzene rings is 1. The maximum atomic E-state index is 13.4. The van der Waals surface area contributed by atoms with Gasteiger partial charge in [-0.3, -0.25) is 14.5 Å². The highest BCUT2D eigenvalue weighted by atomic mass is 35.5. The summed E-state index contributed by atoms with van der Waals surface area (Å²) in [5, 5.41) is 5.59. The van der Waals surface area contributed by atoms with Crippen LogP contribution in [0.2, 0.25) is 5.02 Å². The fraction of sp³-hybridized carbons (Fsp3) is 0.318. The molecule has 2 aromatic heterocycles. The van der Waals surface area contributed by atoms with Crippen molar-refractivity contribution in [3.63, 3.8) is 0 Å². The highest BCUT2D eigenvalue weighted by molar-refractivity contribution is 6.31. The summed E-state index contributed by atoms with van der Waals surface area (Å²) in [6, 6.07) is 9.87. The van der Waals surface area contributed by atoms with Gasteiger partial charge in [0, 0.05) is 48.2 Å². The first-order valence-electron chi connectivity index (χ1n) is 9.78. The van der Waals surface area contributed by atoms with Gasteiger partial charge in [0.15, 0.2) is 0 Å². The SMILES string of the molecule is O=C1c2c3c(nn2CCCN1CCc1ccccc1Cl)-c1ccncc1CC3. The molecule has 5 rings (SSSR count). The molecule has 142 valence electrons. The molecule has 1 aromatic carbocycles. The Kier molecular flexibility index (Phi) is 4.40. The number of pyridine rings is 1. The number of halogens is 1. The normalized spacial score (nSPS) is 15.6. The van der Waals surface area contributed by atoms with E-state index in [2.05, 4.69) is 4.98 Å². The number of nitrogens with zero attached hydrogens (tertiary/aromatic N) is 4. The molecule has 3 aromatic rings. The van der Waals surface area contributed by atoms with Crippen molar-refractivity contribution in [1.29, 1.82) is 0 Å². The van der Waals surface area contributed by atoms with E-state index in [9.17, 15) is 4.79 Å². The van der Waals surface area contributed by atoms with E-state index in [1.165, 1.54) is 5.56 Å². The Morgan fingerprint density at radius 1 is 1.11 bits per heavy atom. The smallest absolute Gasteiger partial charge is 0.272 e. The Balaban J connectivity index is 1.46. The van der Waals surface area contributed by atoms with Crippen LogP contribution in [0, 0.1) is 0 Å². The molecule has 0 atom stereocenters. The van der Waals surface area contributed by atoms with Gasteiger partial charge in [-0.2, -0.15) is 5.10 Å². The van der Waals surface area contributed by atoms with Gasteiger partial charge in [0.05, 0.1) is 5.69 Å². The topological polar surface area (TPSA) is 51.0 Å². The van der Waals surface area contributed by atoms with Crippen LogP contribution >= 0.6 is 11.6 Å². The minimum absolute atomic E-state index is 0.0933. The molecule has 0 unspecified atom stereocenters. The van der Waals surface area contributed by atoms with Gasteiger partial charge >= 0.3 is 0 Å². The number of hydrogen-bond donors (Lipinski definition) is 0. The van der Waals surface area contributed by atoms with Crippen LogP contribution in [0.5, 0.6) is 0 Å². The molecule has 0 bridgehead atoms. The number of carbonyl (C=O) groups excluding carboxylic acids is 1. The Labute approximate surface area is 169 Å². The van der Waals surface area contributed by atoms with Crippen molar-refractivity contribution in [2.24, 2.45) is 0 Å². The van der Waals surface area contributed by atoms with Crippen molar-refractivity contribution in [3.8, 4) is 11.3 Å². The molecule has 0 saturated heterocycles. The monoisotopic (exact) mass is 392 g/mol. The van der Waals surface area contributed by atoms with Crippen LogP contribution in [0.3, 0.4) is 0 Å². The fourth-order valence-electron chi connectivity index (χ4n) is 4.30. The van der Waals surface area contributed by atoms with Crippen LogP contribution in [0.15, 0.2) is 42.7 Å². The molecule has 0 saturated carbocycles. The van der Waals surface area contributed by atoms with Crippen molar-refractivity contribution < 1.29 is 4.79 Å². The first-order chi connectivity index (χ1) is 13.7. The molecule has 1 aliphatic heterocycles. The largest absolute Gasteiger partial charge is 0.337 e. The van der Waals surface area contributed by atoms with E-state index in [1.807, 2.05) is 46.1 Å². The molecule has 28 heavy (non-hydrogen) atoms. The molecule has 2 aliphatic rings. The fourth-order valence-corrected chi connectivity index (χ4v) is 4.53. The number of hydrogen-bond acceptors (Lipinski definition) is 3. The molecule has 1 amide bonds. The van der Waals surface area contributed by atoms with Gasteiger partial charge in [-0.15, -0.1) is 0 Å². The molecule has 1 aliphatic carbocycles. The number of carbonyl (C=O) groups is 1. The van der Waals surface area contributed by atoms with Crippen molar-refractivity contribution in [1.82, 2.24) is 19.7 Å². The lowest BCUT2D eigenvalue weighted by atomic mass is 9.90. The molecule has 3 heterocycles. The van der Waals surface area contributed by atoms with Crippen LogP contribution in [-0.4, -0.2) is 38.7 Å². The lowest BCUT2D eigenvalue weighted by Crippen LogP contribution is -2.33. The van der Waals surface area contributed by atoms with Crippen LogP contribution in [0.25, 0.3) is 11.3 Å². The standard InChI is InChI=1S/C22H21ClN4O/c23-19-5-2-1-4-15(19)9-13-26-11-3-12-27-21(22(26)28)18-7-6-16-14-24-10-8-17(16)20(18)25-27/h1-2,4-5,8,10,14H,3,6-7,9,11-13H2. The minimum atomic E-state index is 0.0933. The average Bonchev–Trinajstić information content (AvgIpc) is 3.02. The van der Waals surface area contributed by atoms with Crippen LogP contribution in [0.1, 0.15) is 33.6 Å². The van der Waals surface area contributed by atoms with E-state index in [-0.39, 0.29) is 5.91 Å². The Hall–Kier alpha value is -2.66. The van der Waals surface area contributed by atoms with E-state index in [0.29, 0.717) is 6.54 Å². The quantitative estimate of drug-likeness (QED) is 0.681. The Bertz CT molecular complexity index is 1060. The Morgan fingerprint density at radius 2 is 2.00 bits per heavy atom. The summed E-state index contributed by atoms with van der Waals surface area (Å²) in [6.45, 7) is 2.20. The number of fused-ring (bicyclic) bond motifs is 5. The summed E-state index contributed by atoms with van der Waals surface area (Å²) in [5.74, 6) is 0.0933. The second kappa shape index (κ2) is 7.06. The van der Waals surface area contributed by atoms with E-state index in [4.69, 9.17) is 16.7 Å². The van der Waals surface area contributed by atoms with Crippen LogP contribution in [-0.2, 0) is 25.8 Å². The molecule has 0 spiro atoms. The Morgan fingerprint density at radius 3 is 2.89 bits per heavy atom. The van der Waals surface area contributed by atoms with E-state index < -0.39 is 0 Å². The maximum Gasteiger partial charge on any atom is 0.272 e. The summed E-state index contributed by atoms with van der Waals surface area (Å²) < 4.78 is 1.93. The summed E-state index contributed by atoms with van der Waals surface area (Å²) in [7, 11) is 0. The highest BCUT2D eigenvalue weighted by Gasteiger charge is 2.32. The maximum absolute atomic E-state index is 13.4. The lowest BCUT2D eigenvalue weighted by molar-refractivity contribution is 0.0758. The molecule has 0 N–H and O–H groups in total. The van der Waals surface area contributed by atoms with Crippen molar-refractivity contribution in [2.45, 2.75) is 32.2 Å². The molecule has 5 nitrogen and oxygen atoms in total. The molecule has 0 radical (unpaired) electrons. The van der Waals surface area contributed by atoms with Crippen LogP contribution in [0.4, 0.5) is 0 Å². The molecule has 6 heteroatoms. The molecular weight excluding hydrogens is 372 g/mol. The first kappa shape index (κ1) is 17.4.